The smallest absolute Gasteiger partial charge is 0.407 e. The number of carboxylic acids is 2. The molecule has 0 saturated heterocycles. The van der Waals surface area contributed by atoms with Crippen LogP contribution in [0.4, 0.5) is 4.79 Å². The van der Waals surface area contributed by atoms with Crippen LogP contribution in [0, 0.1) is 11.8 Å². The molecule has 0 aliphatic carbocycles. The number of carbonyl (C=O) groups is 3. The van der Waals surface area contributed by atoms with Crippen LogP contribution in [-0.4, -0.2) is 40.4 Å². The third-order valence-electron chi connectivity index (χ3n) is 2.64. The number of amides is 1. The van der Waals surface area contributed by atoms with Crippen molar-refractivity contribution in [1.29, 1.82) is 0 Å². The summed E-state index contributed by atoms with van der Waals surface area (Å²) in [6.45, 7) is 5.46. The number of hydrogen-bond donors (Lipinski definition) is 3. The molecule has 0 unspecified atom stereocenters. The van der Waals surface area contributed by atoms with Gasteiger partial charge < -0.3 is 20.3 Å². The second-order valence-electron chi connectivity index (χ2n) is 5.85. The summed E-state index contributed by atoms with van der Waals surface area (Å²) in [6, 6.07) is 3.62. The van der Waals surface area contributed by atoms with Gasteiger partial charge in [0.25, 0.3) is 0 Å². The minimum atomic E-state index is -1.19. The van der Waals surface area contributed by atoms with E-state index in [1.165, 1.54) is 18.2 Å². The number of nitrogens with one attached hydrogen (secondary N) is 1. The van der Waals surface area contributed by atoms with Crippen LogP contribution in [0.25, 0.3) is 0 Å². The molecule has 3 N–H and O–H groups in total. The topological polar surface area (TPSA) is 113 Å². The second-order valence-corrected chi connectivity index (χ2v) is 5.85. The zero-order chi connectivity index (χ0) is 18.3. The molecule has 0 aliphatic heterocycles. The number of ether oxygens (including phenoxy) is 1. The summed E-state index contributed by atoms with van der Waals surface area (Å²) in [7, 11) is 0. The highest BCUT2D eigenvalue weighted by atomic mass is 16.6. The standard InChI is InChI=1S/C17H19NO6/c1-17(2,3)24-16(23)18-9-5-4-6-11-10-12(14(19)20)7-8-13(11)15(21)22/h7-8,10H,5,9H2,1-3H3,(H,18,23)(H,19,20)(H,21,22). The molecule has 0 bridgehead atoms. The van der Waals surface area contributed by atoms with Crippen molar-refractivity contribution >= 4 is 18.0 Å². The Morgan fingerprint density at radius 3 is 2.38 bits per heavy atom. The van der Waals surface area contributed by atoms with Crippen LogP contribution in [0.15, 0.2) is 18.2 Å². The minimum absolute atomic E-state index is 0.0452. The average molecular weight is 333 g/mol. The number of carboxylic acid groups (broad SMARTS) is 2. The van der Waals surface area contributed by atoms with Gasteiger partial charge in [0.1, 0.15) is 5.60 Å². The summed E-state index contributed by atoms with van der Waals surface area (Å²) in [4.78, 5) is 33.5. The monoisotopic (exact) mass is 333 g/mol. The fraction of sp³-hybridized carbons (Fsp3) is 0.353. The summed E-state index contributed by atoms with van der Waals surface area (Å²) < 4.78 is 5.05. The molecule has 7 nitrogen and oxygen atoms in total. The molecule has 0 heterocycles. The molecule has 1 rings (SSSR count). The predicted molar refractivity (Wildman–Crippen MR) is 86.1 cm³/mol. The Balaban J connectivity index is 2.71. The maximum absolute atomic E-state index is 11.4. The Morgan fingerprint density at radius 1 is 1.17 bits per heavy atom. The molecule has 7 heteroatoms. The van der Waals surface area contributed by atoms with Gasteiger partial charge in [0.2, 0.25) is 0 Å². The van der Waals surface area contributed by atoms with Crippen LogP contribution in [0.5, 0.6) is 0 Å². The number of alkyl carbamates (subject to hydrolysis) is 1. The van der Waals surface area contributed by atoms with Crippen LogP contribution in [0.2, 0.25) is 0 Å². The number of aromatic carboxylic acids is 2. The maximum atomic E-state index is 11.4. The molecule has 0 saturated carbocycles. The first kappa shape index (κ1) is 19.0. The van der Waals surface area contributed by atoms with Crippen LogP contribution in [0.1, 0.15) is 53.5 Å². The lowest BCUT2D eigenvalue weighted by molar-refractivity contribution is 0.0528. The molecule has 0 atom stereocenters. The van der Waals surface area contributed by atoms with Gasteiger partial charge in [0.15, 0.2) is 0 Å². The molecule has 1 aromatic carbocycles. The summed E-state index contributed by atoms with van der Waals surface area (Å²) in [5.74, 6) is 2.97. The van der Waals surface area contributed by atoms with E-state index in [-0.39, 0.29) is 29.7 Å². The van der Waals surface area contributed by atoms with E-state index in [4.69, 9.17) is 14.9 Å². The summed E-state index contributed by atoms with van der Waals surface area (Å²) in [5, 5.41) is 20.6. The molecule has 24 heavy (non-hydrogen) atoms. The van der Waals surface area contributed by atoms with E-state index < -0.39 is 23.6 Å². The third-order valence-corrected chi connectivity index (χ3v) is 2.64. The first-order valence-corrected chi connectivity index (χ1v) is 7.16. The van der Waals surface area contributed by atoms with Crippen molar-refractivity contribution in [2.24, 2.45) is 0 Å². The van der Waals surface area contributed by atoms with Crippen LogP contribution in [-0.2, 0) is 4.74 Å². The van der Waals surface area contributed by atoms with Gasteiger partial charge in [-0.1, -0.05) is 11.8 Å². The molecule has 0 radical (unpaired) electrons. The van der Waals surface area contributed by atoms with Gasteiger partial charge >= 0.3 is 18.0 Å². The summed E-state index contributed by atoms with van der Waals surface area (Å²) >= 11 is 0. The lowest BCUT2D eigenvalue weighted by Gasteiger charge is -2.19. The van der Waals surface area contributed by atoms with Crippen LogP contribution >= 0.6 is 0 Å². The molecule has 1 aromatic rings. The Morgan fingerprint density at radius 2 is 1.83 bits per heavy atom. The van der Waals surface area contributed by atoms with Crippen LogP contribution in [0.3, 0.4) is 0 Å². The van der Waals surface area contributed by atoms with Crippen molar-refractivity contribution in [3.63, 3.8) is 0 Å². The Bertz CT molecular complexity index is 706. The molecule has 0 spiro atoms. The number of carbonyl (C=O) groups excluding carboxylic acids is 1. The zero-order valence-electron chi connectivity index (χ0n) is 13.7. The number of rotatable bonds is 4. The predicted octanol–water partition coefficient (Wildman–Crippen LogP) is 2.35. The number of benzene rings is 1. The quantitative estimate of drug-likeness (QED) is 0.576. The lowest BCUT2D eigenvalue weighted by atomic mass is 10.0. The Kier molecular flexibility index (Phi) is 6.36. The maximum Gasteiger partial charge on any atom is 0.407 e. The van der Waals surface area contributed by atoms with Gasteiger partial charge in [-0.25, -0.2) is 14.4 Å². The highest BCUT2D eigenvalue weighted by Gasteiger charge is 2.15. The fourth-order valence-electron chi connectivity index (χ4n) is 1.67. The van der Waals surface area contributed by atoms with Crippen molar-refractivity contribution in [2.45, 2.75) is 32.8 Å². The van der Waals surface area contributed by atoms with E-state index >= 15 is 0 Å². The lowest BCUT2D eigenvalue weighted by Crippen LogP contribution is -2.32. The molecule has 0 aliphatic rings. The van der Waals surface area contributed by atoms with Crippen molar-refractivity contribution in [3.05, 3.63) is 34.9 Å². The van der Waals surface area contributed by atoms with E-state index in [1.807, 2.05) is 0 Å². The highest BCUT2D eigenvalue weighted by molar-refractivity contribution is 5.94. The van der Waals surface area contributed by atoms with Gasteiger partial charge in [-0.3, -0.25) is 0 Å². The van der Waals surface area contributed by atoms with Gasteiger partial charge in [-0.15, -0.1) is 0 Å². The van der Waals surface area contributed by atoms with E-state index in [2.05, 4.69) is 17.2 Å². The molecule has 1 amide bonds. The van der Waals surface area contributed by atoms with Crippen molar-refractivity contribution in [3.8, 4) is 11.8 Å². The van der Waals surface area contributed by atoms with Crippen molar-refractivity contribution < 1.29 is 29.3 Å². The molecule has 0 fully saturated rings. The van der Waals surface area contributed by atoms with Gasteiger partial charge in [-0.05, 0) is 39.0 Å². The first-order valence-electron chi connectivity index (χ1n) is 7.16. The van der Waals surface area contributed by atoms with Crippen molar-refractivity contribution in [1.82, 2.24) is 5.32 Å². The minimum Gasteiger partial charge on any atom is -0.478 e. The molecule has 128 valence electrons. The SMILES string of the molecule is CC(C)(C)OC(=O)NCCC#Cc1cc(C(=O)O)ccc1C(=O)O. The largest absolute Gasteiger partial charge is 0.478 e. The van der Waals surface area contributed by atoms with E-state index in [1.54, 1.807) is 20.8 Å². The molecule has 0 aromatic heterocycles. The molecular weight excluding hydrogens is 314 g/mol. The Hall–Kier alpha value is -3.01. The first-order chi connectivity index (χ1) is 11.1. The average Bonchev–Trinajstić information content (AvgIpc) is 2.44. The second kappa shape index (κ2) is 8.02. The van der Waals surface area contributed by atoms with Gasteiger partial charge in [0.05, 0.1) is 11.1 Å². The van der Waals surface area contributed by atoms with Gasteiger partial charge in [0, 0.05) is 18.5 Å². The van der Waals surface area contributed by atoms with E-state index in [0.717, 1.165) is 0 Å². The third kappa shape index (κ3) is 6.40. The summed E-state index contributed by atoms with van der Waals surface area (Å²) in [6.07, 6.45) is -0.307. The Labute approximate surface area is 139 Å². The van der Waals surface area contributed by atoms with E-state index in [9.17, 15) is 14.4 Å². The highest BCUT2D eigenvalue weighted by Crippen LogP contribution is 2.12. The summed E-state index contributed by atoms with van der Waals surface area (Å²) in [5.41, 5.74) is -0.605. The van der Waals surface area contributed by atoms with Crippen molar-refractivity contribution in [2.75, 3.05) is 6.54 Å². The zero-order valence-corrected chi connectivity index (χ0v) is 13.7. The van der Waals surface area contributed by atoms with E-state index in [0.29, 0.717) is 0 Å². The fourth-order valence-corrected chi connectivity index (χ4v) is 1.67. The number of hydrogen-bond acceptors (Lipinski definition) is 4. The molecular formula is C17H19NO6. The van der Waals surface area contributed by atoms with Gasteiger partial charge in [-0.2, -0.15) is 0 Å². The van der Waals surface area contributed by atoms with Crippen LogP contribution < -0.4 is 5.32 Å². The normalized spacial score (nSPS) is 10.3.